The van der Waals surface area contributed by atoms with Crippen LogP contribution >= 0.6 is 31.9 Å². The summed E-state index contributed by atoms with van der Waals surface area (Å²) >= 11 is 7.00. The Hall–Kier alpha value is 0.430. The third-order valence-electron chi connectivity index (χ3n) is 3.55. The van der Waals surface area contributed by atoms with Gasteiger partial charge in [0.05, 0.1) is 5.54 Å². The third-order valence-corrected chi connectivity index (χ3v) is 5.70. The maximum atomic E-state index is 12.1. The number of amides is 1. The molecule has 0 saturated heterocycles. The van der Waals surface area contributed by atoms with Gasteiger partial charge in [0, 0.05) is 16.6 Å². The van der Waals surface area contributed by atoms with Crippen molar-refractivity contribution in [1.29, 1.82) is 0 Å². The topological polar surface area (TPSA) is 29.1 Å². The smallest absolute Gasteiger partial charge is 0.223 e. The first-order valence-corrected chi connectivity index (χ1v) is 8.35. The number of hydrogen-bond donors (Lipinski definition) is 1. The molecule has 4 heteroatoms. The maximum Gasteiger partial charge on any atom is 0.223 e. The van der Waals surface area contributed by atoms with Crippen molar-refractivity contribution in [2.45, 2.75) is 51.0 Å². The fourth-order valence-corrected chi connectivity index (χ4v) is 4.11. The van der Waals surface area contributed by atoms with Gasteiger partial charge in [-0.15, -0.1) is 0 Å². The highest BCUT2D eigenvalue weighted by Gasteiger charge is 2.31. The molecule has 2 nitrogen and oxygen atoms in total. The molecule has 1 aliphatic rings. The average molecular weight is 355 g/mol. The Kier molecular flexibility index (Phi) is 6.34. The Morgan fingerprint density at radius 3 is 2.25 bits per heavy atom. The molecule has 0 unspecified atom stereocenters. The summed E-state index contributed by atoms with van der Waals surface area (Å²) in [7, 11) is 0. The molecule has 1 N–H and O–H groups in total. The lowest BCUT2D eigenvalue weighted by Gasteiger charge is -2.32. The first kappa shape index (κ1) is 14.5. The minimum atomic E-state index is -0.117. The highest BCUT2D eigenvalue weighted by Crippen LogP contribution is 2.25. The summed E-state index contributed by atoms with van der Waals surface area (Å²) < 4.78 is 0. The van der Waals surface area contributed by atoms with E-state index in [2.05, 4.69) is 44.1 Å². The number of nitrogens with one attached hydrogen (secondary N) is 1. The largest absolute Gasteiger partial charge is 0.349 e. The molecular weight excluding hydrogens is 334 g/mol. The standard InChI is InChI=1S/C12H21Br2NO/c1-2-12(8-13,9-14)15-11(16)10-6-4-3-5-7-10/h10H,2-9H2,1H3,(H,15,16). The summed E-state index contributed by atoms with van der Waals surface area (Å²) in [6.07, 6.45) is 6.79. The quantitative estimate of drug-likeness (QED) is 0.750. The molecule has 0 aromatic carbocycles. The molecule has 1 rings (SSSR count). The van der Waals surface area contributed by atoms with Crippen LogP contribution in [0.25, 0.3) is 0 Å². The van der Waals surface area contributed by atoms with Gasteiger partial charge in [-0.05, 0) is 19.3 Å². The zero-order valence-corrected chi connectivity index (χ0v) is 13.1. The van der Waals surface area contributed by atoms with Gasteiger partial charge in [-0.1, -0.05) is 58.0 Å². The molecule has 1 saturated carbocycles. The van der Waals surface area contributed by atoms with Gasteiger partial charge < -0.3 is 5.32 Å². The summed E-state index contributed by atoms with van der Waals surface area (Å²) in [5.41, 5.74) is -0.117. The van der Waals surface area contributed by atoms with Gasteiger partial charge >= 0.3 is 0 Å². The van der Waals surface area contributed by atoms with Crippen molar-refractivity contribution in [2.24, 2.45) is 5.92 Å². The Morgan fingerprint density at radius 1 is 1.25 bits per heavy atom. The van der Waals surface area contributed by atoms with Crippen molar-refractivity contribution < 1.29 is 4.79 Å². The SMILES string of the molecule is CCC(CBr)(CBr)NC(=O)C1CCCCC1. The monoisotopic (exact) mass is 353 g/mol. The predicted octanol–water partition coefficient (Wildman–Crippen LogP) is 3.62. The second kappa shape index (κ2) is 7.00. The lowest BCUT2D eigenvalue weighted by Crippen LogP contribution is -2.53. The summed E-state index contributed by atoms with van der Waals surface area (Å²) in [6, 6.07) is 0. The van der Waals surface area contributed by atoms with Gasteiger partial charge in [0.25, 0.3) is 0 Å². The summed E-state index contributed by atoms with van der Waals surface area (Å²) in [5.74, 6) is 0.498. The summed E-state index contributed by atoms with van der Waals surface area (Å²) in [4.78, 5) is 12.1. The molecule has 1 aliphatic carbocycles. The number of carbonyl (C=O) groups excluding carboxylic acids is 1. The van der Waals surface area contributed by atoms with E-state index in [1.54, 1.807) is 0 Å². The fraction of sp³-hybridized carbons (Fsp3) is 0.917. The van der Waals surface area contributed by atoms with E-state index < -0.39 is 0 Å². The first-order chi connectivity index (χ1) is 7.67. The molecule has 1 fully saturated rings. The van der Waals surface area contributed by atoms with Gasteiger partial charge in [-0.2, -0.15) is 0 Å². The van der Waals surface area contributed by atoms with Crippen molar-refractivity contribution in [3.8, 4) is 0 Å². The van der Waals surface area contributed by atoms with Crippen molar-refractivity contribution in [2.75, 3.05) is 10.7 Å². The van der Waals surface area contributed by atoms with Gasteiger partial charge in [-0.3, -0.25) is 4.79 Å². The van der Waals surface area contributed by atoms with Crippen molar-refractivity contribution in [3.63, 3.8) is 0 Å². The van der Waals surface area contributed by atoms with Crippen molar-refractivity contribution in [3.05, 3.63) is 0 Å². The maximum absolute atomic E-state index is 12.1. The Labute approximate surface area is 115 Å². The van der Waals surface area contributed by atoms with Gasteiger partial charge in [0.2, 0.25) is 5.91 Å². The molecule has 94 valence electrons. The second-order valence-electron chi connectivity index (χ2n) is 4.73. The molecular formula is C12H21Br2NO. The van der Waals surface area contributed by atoms with Crippen LogP contribution in [-0.4, -0.2) is 22.1 Å². The van der Waals surface area contributed by atoms with Crippen LogP contribution in [-0.2, 0) is 4.79 Å². The molecule has 0 aromatic heterocycles. The minimum absolute atomic E-state index is 0.117. The Balaban J connectivity index is 2.53. The molecule has 0 aliphatic heterocycles. The zero-order valence-electron chi connectivity index (χ0n) is 9.90. The number of rotatable bonds is 5. The van der Waals surface area contributed by atoms with Crippen LogP contribution in [0.1, 0.15) is 45.4 Å². The molecule has 1 amide bonds. The lowest BCUT2D eigenvalue weighted by atomic mass is 9.87. The average Bonchev–Trinajstić information content (AvgIpc) is 2.37. The summed E-state index contributed by atoms with van der Waals surface area (Å²) in [6.45, 7) is 2.11. The van der Waals surface area contributed by atoms with Crippen LogP contribution in [0.3, 0.4) is 0 Å². The second-order valence-corrected chi connectivity index (χ2v) is 5.85. The van der Waals surface area contributed by atoms with Crippen molar-refractivity contribution >= 4 is 37.8 Å². The van der Waals surface area contributed by atoms with Crippen LogP contribution in [0.4, 0.5) is 0 Å². The lowest BCUT2D eigenvalue weighted by molar-refractivity contribution is -0.127. The summed E-state index contributed by atoms with van der Waals surface area (Å²) in [5, 5.41) is 4.83. The molecule has 0 radical (unpaired) electrons. The van der Waals surface area contributed by atoms with E-state index >= 15 is 0 Å². The van der Waals surface area contributed by atoms with E-state index in [-0.39, 0.29) is 17.4 Å². The number of hydrogen-bond acceptors (Lipinski definition) is 1. The van der Waals surface area contributed by atoms with Crippen LogP contribution in [0.2, 0.25) is 0 Å². The van der Waals surface area contributed by atoms with Gasteiger partial charge in [0.15, 0.2) is 0 Å². The highest BCUT2D eigenvalue weighted by atomic mass is 79.9. The number of carbonyl (C=O) groups is 1. The minimum Gasteiger partial charge on any atom is -0.349 e. The fourth-order valence-electron chi connectivity index (χ4n) is 2.11. The van der Waals surface area contributed by atoms with Crippen LogP contribution in [0, 0.1) is 5.92 Å². The predicted molar refractivity (Wildman–Crippen MR) is 75.3 cm³/mol. The zero-order chi connectivity index (χ0) is 12.0. The third kappa shape index (κ3) is 3.73. The molecule has 0 heterocycles. The molecule has 16 heavy (non-hydrogen) atoms. The normalized spacial score (nSPS) is 18.4. The van der Waals surface area contributed by atoms with E-state index in [1.807, 2.05) is 0 Å². The highest BCUT2D eigenvalue weighted by molar-refractivity contribution is 9.09. The first-order valence-electron chi connectivity index (χ1n) is 6.11. The number of alkyl halides is 2. The molecule has 0 aromatic rings. The van der Waals surface area contributed by atoms with Crippen LogP contribution < -0.4 is 5.32 Å². The van der Waals surface area contributed by atoms with E-state index in [0.29, 0.717) is 0 Å². The molecule has 0 spiro atoms. The van der Waals surface area contributed by atoms with E-state index in [9.17, 15) is 4.79 Å². The molecule has 0 bridgehead atoms. The van der Waals surface area contributed by atoms with Crippen LogP contribution in [0.5, 0.6) is 0 Å². The Bertz CT molecular complexity index is 215. The van der Waals surface area contributed by atoms with Gasteiger partial charge in [0.1, 0.15) is 0 Å². The van der Waals surface area contributed by atoms with E-state index in [4.69, 9.17) is 0 Å². The Morgan fingerprint density at radius 2 is 1.81 bits per heavy atom. The number of halogens is 2. The van der Waals surface area contributed by atoms with E-state index in [0.717, 1.165) is 29.9 Å². The van der Waals surface area contributed by atoms with E-state index in [1.165, 1.54) is 19.3 Å². The van der Waals surface area contributed by atoms with Crippen LogP contribution in [0.15, 0.2) is 0 Å². The van der Waals surface area contributed by atoms with Gasteiger partial charge in [-0.25, -0.2) is 0 Å². The molecule has 0 atom stereocenters. The van der Waals surface area contributed by atoms with Crippen molar-refractivity contribution in [1.82, 2.24) is 5.32 Å².